The SMILES string of the molecule is CC1CCC(NC(=O)c2cn(CC(=O)O)nn2)CC1C. The first-order valence-corrected chi connectivity index (χ1v) is 6.88. The van der Waals surface area contributed by atoms with Gasteiger partial charge in [0.05, 0.1) is 6.20 Å². The Balaban J connectivity index is 1.91. The van der Waals surface area contributed by atoms with Gasteiger partial charge in [-0.3, -0.25) is 9.59 Å². The van der Waals surface area contributed by atoms with Gasteiger partial charge in [-0.2, -0.15) is 0 Å². The molecule has 0 bridgehead atoms. The molecule has 1 aliphatic rings. The topological polar surface area (TPSA) is 97.1 Å². The molecule has 20 heavy (non-hydrogen) atoms. The van der Waals surface area contributed by atoms with E-state index < -0.39 is 5.97 Å². The molecular weight excluding hydrogens is 260 g/mol. The molecule has 7 heteroatoms. The summed E-state index contributed by atoms with van der Waals surface area (Å²) in [6, 6.07) is 0.165. The van der Waals surface area contributed by atoms with Crippen molar-refractivity contribution in [1.82, 2.24) is 20.3 Å². The highest BCUT2D eigenvalue weighted by atomic mass is 16.4. The summed E-state index contributed by atoms with van der Waals surface area (Å²) >= 11 is 0. The first kappa shape index (κ1) is 14.5. The van der Waals surface area contributed by atoms with E-state index in [1.807, 2.05) is 0 Å². The summed E-state index contributed by atoms with van der Waals surface area (Å²) in [6.07, 6.45) is 4.41. The number of amides is 1. The lowest BCUT2D eigenvalue weighted by Gasteiger charge is -2.32. The highest BCUT2D eigenvalue weighted by molar-refractivity contribution is 5.92. The van der Waals surface area contributed by atoms with Crippen LogP contribution in [-0.2, 0) is 11.3 Å². The third-order valence-corrected chi connectivity index (χ3v) is 4.00. The fraction of sp³-hybridized carbons (Fsp3) is 0.692. The highest BCUT2D eigenvalue weighted by Gasteiger charge is 2.26. The van der Waals surface area contributed by atoms with Crippen LogP contribution in [-0.4, -0.2) is 38.0 Å². The smallest absolute Gasteiger partial charge is 0.325 e. The van der Waals surface area contributed by atoms with E-state index in [0.717, 1.165) is 23.9 Å². The van der Waals surface area contributed by atoms with Crippen LogP contribution in [0.3, 0.4) is 0 Å². The maximum atomic E-state index is 12.0. The third-order valence-electron chi connectivity index (χ3n) is 4.00. The van der Waals surface area contributed by atoms with Crippen LogP contribution in [0.15, 0.2) is 6.20 Å². The average Bonchev–Trinajstić information content (AvgIpc) is 2.81. The van der Waals surface area contributed by atoms with Crippen molar-refractivity contribution in [3.63, 3.8) is 0 Å². The number of nitrogens with one attached hydrogen (secondary N) is 1. The predicted octanol–water partition coefficient (Wildman–Crippen LogP) is 0.917. The number of carboxylic acids is 1. The molecule has 3 unspecified atom stereocenters. The molecule has 0 aliphatic heterocycles. The van der Waals surface area contributed by atoms with Crippen molar-refractivity contribution >= 4 is 11.9 Å². The van der Waals surface area contributed by atoms with Gasteiger partial charge in [-0.25, -0.2) is 4.68 Å². The van der Waals surface area contributed by atoms with Gasteiger partial charge in [0.2, 0.25) is 0 Å². The van der Waals surface area contributed by atoms with E-state index in [9.17, 15) is 9.59 Å². The molecule has 110 valence electrons. The number of hydrogen-bond acceptors (Lipinski definition) is 4. The van der Waals surface area contributed by atoms with Crippen molar-refractivity contribution in [3.8, 4) is 0 Å². The first-order valence-electron chi connectivity index (χ1n) is 6.88. The summed E-state index contributed by atoms with van der Waals surface area (Å²) in [4.78, 5) is 22.6. The average molecular weight is 280 g/mol. The van der Waals surface area contributed by atoms with E-state index >= 15 is 0 Å². The molecule has 0 saturated heterocycles. The molecule has 1 heterocycles. The number of carboxylic acid groups (broad SMARTS) is 1. The number of hydrogen-bond donors (Lipinski definition) is 2. The molecule has 2 N–H and O–H groups in total. The summed E-state index contributed by atoms with van der Waals surface area (Å²) in [7, 11) is 0. The molecule has 1 amide bonds. The number of aromatic nitrogens is 3. The van der Waals surface area contributed by atoms with Crippen LogP contribution in [0.1, 0.15) is 43.6 Å². The Bertz CT molecular complexity index is 500. The van der Waals surface area contributed by atoms with E-state index in [-0.39, 0.29) is 24.2 Å². The normalized spacial score (nSPS) is 26.2. The first-order chi connectivity index (χ1) is 9.45. The van der Waals surface area contributed by atoms with E-state index in [1.165, 1.54) is 6.20 Å². The van der Waals surface area contributed by atoms with E-state index in [4.69, 9.17) is 5.11 Å². The Labute approximate surface area is 117 Å². The van der Waals surface area contributed by atoms with Crippen molar-refractivity contribution in [3.05, 3.63) is 11.9 Å². The lowest BCUT2D eigenvalue weighted by molar-refractivity contribution is -0.137. The molecule has 0 spiro atoms. The number of carbonyl (C=O) groups excluding carboxylic acids is 1. The Hall–Kier alpha value is -1.92. The van der Waals surface area contributed by atoms with Gasteiger partial charge >= 0.3 is 5.97 Å². The minimum atomic E-state index is -1.02. The van der Waals surface area contributed by atoms with Crippen molar-refractivity contribution < 1.29 is 14.7 Å². The third kappa shape index (κ3) is 3.55. The molecule has 1 fully saturated rings. The summed E-state index contributed by atoms with van der Waals surface area (Å²) in [6.45, 7) is 4.14. The van der Waals surface area contributed by atoms with Gasteiger partial charge in [0, 0.05) is 6.04 Å². The van der Waals surface area contributed by atoms with Gasteiger partial charge in [-0.15, -0.1) is 5.10 Å². The number of nitrogens with zero attached hydrogens (tertiary/aromatic N) is 3. The van der Waals surface area contributed by atoms with Crippen molar-refractivity contribution in [1.29, 1.82) is 0 Å². The second kappa shape index (κ2) is 6.02. The molecular formula is C13H20N4O3. The molecule has 3 atom stereocenters. The Morgan fingerprint density at radius 2 is 2.15 bits per heavy atom. The Kier molecular flexibility index (Phi) is 4.36. The molecule has 0 radical (unpaired) electrons. The van der Waals surface area contributed by atoms with Crippen LogP contribution in [0.5, 0.6) is 0 Å². The number of carbonyl (C=O) groups is 2. The van der Waals surface area contributed by atoms with E-state index in [2.05, 4.69) is 29.5 Å². The summed E-state index contributed by atoms with van der Waals surface area (Å²) in [5, 5.41) is 18.9. The van der Waals surface area contributed by atoms with Crippen molar-refractivity contribution in [2.24, 2.45) is 11.8 Å². The largest absolute Gasteiger partial charge is 0.480 e. The molecule has 1 aromatic heterocycles. The molecule has 1 aliphatic carbocycles. The van der Waals surface area contributed by atoms with Gasteiger partial charge in [0.25, 0.3) is 5.91 Å². The zero-order valence-electron chi connectivity index (χ0n) is 11.7. The number of aliphatic carboxylic acids is 1. The molecule has 1 aromatic rings. The molecule has 0 aromatic carbocycles. The number of rotatable bonds is 4. The zero-order chi connectivity index (χ0) is 14.7. The lowest BCUT2D eigenvalue weighted by atomic mass is 9.79. The summed E-state index contributed by atoms with van der Waals surface area (Å²) in [5.41, 5.74) is 0.164. The van der Waals surface area contributed by atoms with Crippen LogP contribution < -0.4 is 5.32 Å². The lowest BCUT2D eigenvalue weighted by Crippen LogP contribution is -2.40. The standard InChI is InChI=1S/C13H20N4O3/c1-8-3-4-10(5-9(8)2)14-13(20)11-6-17(16-15-11)7-12(18)19/h6,8-10H,3-5,7H2,1-2H3,(H,14,20)(H,18,19). The minimum Gasteiger partial charge on any atom is -0.480 e. The Morgan fingerprint density at radius 3 is 2.80 bits per heavy atom. The molecule has 1 saturated carbocycles. The zero-order valence-corrected chi connectivity index (χ0v) is 11.7. The van der Waals surface area contributed by atoms with Crippen molar-refractivity contribution in [2.45, 2.75) is 45.7 Å². The maximum absolute atomic E-state index is 12.0. The summed E-state index contributed by atoms with van der Waals surface area (Å²) in [5.74, 6) is -0.0123. The second-order valence-corrected chi connectivity index (χ2v) is 5.63. The molecule has 7 nitrogen and oxygen atoms in total. The van der Waals surface area contributed by atoms with Crippen LogP contribution in [0.25, 0.3) is 0 Å². The van der Waals surface area contributed by atoms with Crippen LogP contribution >= 0.6 is 0 Å². The van der Waals surface area contributed by atoms with Gasteiger partial charge in [0.1, 0.15) is 6.54 Å². The molecule has 2 rings (SSSR count). The van der Waals surface area contributed by atoms with Crippen LogP contribution in [0.2, 0.25) is 0 Å². The maximum Gasteiger partial charge on any atom is 0.325 e. The second-order valence-electron chi connectivity index (χ2n) is 5.63. The van der Waals surface area contributed by atoms with Crippen LogP contribution in [0.4, 0.5) is 0 Å². The fourth-order valence-corrected chi connectivity index (χ4v) is 2.56. The van der Waals surface area contributed by atoms with E-state index in [1.54, 1.807) is 0 Å². The monoisotopic (exact) mass is 280 g/mol. The highest BCUT2D eigenvalue weighted by Crippen LogP contribution is 2.29. The predicted molar refractivity (Wildman–Crippen MR) is 71.1 cm³/mol. The van der Waals surface area contributed by atoms with Gasteiger partial charge < -0.3 is 10.4 Å². The Morgan fingerprint density at radius 1 is 1.40 bits per heavy atom. The van der Waals surface area contributed by atoms with Crippen LogP contribution in [0, 0.1) is 11.8 Å². The van der Waals surface area contributed by atoms with E-state index in [0.29, 0.717) is 11.8 Å². The van der Waals surface area contributed by atoms with Crippen molar-refractivity contribution in [2.75, 3.05) is 0 Å². The summed E-state index contributed by atoms with van der Waals surface area (Å²) < 4.78 is 1.14. The fourth-order valence-electron chi connectivity index (χ4n) is 2.56. The quantitative estimate of drug-likeness (QED) is 0.854. The van der Waals surface area contributed by atoms with Gasteiger partial charge in [0.15, 0.2) is 5.69 Å². The van der Waals surface area contributed by atoms with Gasteiger partial charge in [-0.05, 0) is 31.1 Å². The van der Waals surface area contributed by atoms with Gasteiger partial charge in [-0.1, -0.05) is 19.1 Å². The minimum absolute atomic E-state index is 0.164.